The molecule has 7 nitrogen and oxygen atoms in total. The van der Waals surface area contributed by atoms with Gasteiger partial charge >= 0.3 is 6.16 Å². The van der Waals surface area contributed by atoms with Gasteiger partial charge in [0.1, 0.15) is 5.75 Å². The van der Waals surface area contributed by atoms with Crippen LogP contribution in [0.4, 0.5) is 4.79 Å². The van der Waals surface area contributed by atoms with E-state index in [1.165, 1.54) is 7.11 Å². The highest BCUT2D eigenvalue weighted by molar-refractivity contribution is 6.12. The predicted octanol–water partition coefficient (Wildman–Crippen LogP) is 4.17. The average Bonchev–Trinajstić information content (AvgIpc) is 3.27. The predicted molar refractivity (Wildman–Crippen MR) is 116 cm³/mol. The van der Waals surface area contributed by atoms with Crippen molar-refractivity contribution in [2.75, 3.05) is 27.9 Å². The molecular weight excluding hydrogens is 398 g/mol. The Hall–Kier alpha value is -3.03. The zero-order valence-corrected chi connectivity index (χ0v) is 17.8. The van der Waals surface area contributed by atoms with Gasteiger partial charge in [0.05, 0.1) is 27.4 Å². The van der Waals surface area contributed by atoms with Crippen LogP contribution in [0.3, 0.4) is 0 Å². The smallest absolute Gasteiger partial charge is 0.493 e. The number of aliphatic hydroxyl groups is 1. The normalized spacial score (nSPS) is 20.4. The molecule has 0 aliphatic carbocycles. The molecule has 1 saturated heterocycles. The summed E-state index contributed by atoms with van der Waals surface area (Å²) < 4.78 is 21.0. The van der Waals surface area contributed by atoms with E-state index in [1.807, 2.05) is 24.3 Å². The molecule has 0 unspecified atom stereocenters. The maximum atomic E-state index is 11.6. The van der Waals surface area contributed by atoms with Crippen molar-refractivity contribution in [3.8, 4) is 17.2 Å². The highest BCUT2D eigenvalue weighted by atomic mass is 16.7. The van der Waals surface area contributed by atoms with Crippen LogP contribution in [0.1, 0.15) is 30.1 Å². The number of rotatable bonds is 3. The van der Waals surface area contributed by atoms with Gasteiger partial charge in [-0.05, 0) is 76.3 Å². The van der Waals surface area contributed by atoms with Crippen LogP contribution in [0.5, 0.6) is 17.2 Å². The topological polar surface area (TPSA) is 77.5 Å². The van der Waals surface area contributed by atoms with Crippen molar-refractivity contribution in [1.82, 2.24) is 4.90 Å². The molecular formula is C24H25NO6. The van der Waals surface area contributed by atoms with E-state index >= 15 is 0 Å². The summed E-state index contributed by atoms with van der Waals surface area (Å²) in [6.45, 7) is 1.76. The van der Waals surface area contributed by atoms with Gasteiger partial charge in [-0.2, -0.15) is 0 Å². The fourth-order valence-corrected chi connectivity index (χ4v) is 5.15. The molecule has 1 fully saturated rings. The third-order valence-corrected chi connectivity index (χ3v) is 6.55. The number of fused-ring (bicyclic) bond motifs is 7. The van der Waals surface area contributed by atoms with E-state index in [9.17, 15) is 9.90 Å². The van der Waals surface area contributed by atoms with Gasteiger partial charge in [-0.25, -0.2) is 4.79 Å². The molecule has 0 amide bonds. The van der Waals surface area contributed by atoms with Crippen molar-refractivity contribution in [1.29, 1.82) is 0 Å². The Morgan fingerprint density at radius 1 is 1.00 bits per heavy atom. The Labute approximate surface area is 180 Å². The van der Waals surface area contributed by atoms with Crippen LogP contribution in [0.15, 0.2) is 30.3 Å². The zero-order valence-electron chi connectivity index (χ0n) is 17.8. The molecule has 0 radical (unpaired) electrons. The number of nitrogens with zero attached hydrogens (tertiary/aromatic N) is 1. The molecule has 0 spiro atoms. The molecule has 162 valence electrons. The Kier molecular flexibility index (Phi) is 4.87. The van der Waals surface area contributed by atoms with E-state index in [0.29, 0.717) is 17.2 Å². The Balaban J connectivity index is 1.84. The van der Waals surface area contributed by atoms with E-state index in [4.69, 9.17) is 14.2 Å². The van der Waals surface area contributed by atoms with E-state index in [-0.39, 0.29) is 6.04 Å². The van der Waals surface area contributed by atoms with Crippen molar-refractivity contribution >= 4 is 27.7 Å². The number of aliphatic hydroxyl groups excluding tert-OH is 1. The number of methoxy groups -OCH3 is 3. The second kappa shape index (κ2) is 7.59. The van der Waals surface area contributed by atoms with Gasteiger partial charge < -0.3 is 24.1 Å². The lowest BCUT2D eigenvalue weighted by Crippen LogP contribution is -2.39. The molecule has 31 heavy (non-hydrogen) atoms. The largest absolute Gasteiger partial charge is 0.513 e. The van der Waals surface area contributed by atoms with Crippen LogP contribution in [0.2, 0.25) is 0 Å². The summed E-state index contributed by atoms with van der Waals surface area (Å²) >= 11 is 0. The lowest BCUT2D eigenvalue weighted by atomic mass is 9.83. The van der Waals surface area contributed by atoms with Crippen LogP contribution in [0, 0.1) is 0 Å². The Bertz CT molecular complexity index is 1190. The van der Waals surface area contributed by atoms with E-state index in [1.54, 1.807) is 20.3 Å². The van der Waals surface area contributed by atoms with Crippen LogP contribution in [-0.4, -0.2) is 50.1 Å². The number of hydrogen-bond donors (Lipinski definition) is 1. The molecule has 0 aromatic heterocycles. The number of carbonyl (C=O) groups excluding carboxylic acids is 1. The van der Waals surface area contributed by atoms with Crippen molar-refractivity contribution in [2.24, 2.45) is 0 Å². The number of carbonyl (C=O) groups is 1. The van der Waals surface area contributed by atoms with E-state index in [0.717, 1.165) is 58.6 Å². The average molecular weight is 423 g/mol. The summed E-state index contributed by atoms with van der Waals surface area (Å²) in [4.78, 5) is 14.0. The lowest BCUT2D eigenvalue weighted by molar-refractivity contribution is 0.0552. The third-order valence-electron chi connectivity index (χ3n) is 6.55. The van der Waals surface area contributed by atoms with Gasteiger partial charge in [0.2, 0.25) is 0 Å². The molecule has 0 saturated carbocycles. The summed E-state index contributed by atoms with van der Waals surface area (Å²) in [6.07, 6.45) is 0.705. The Morgan fingerprint density at radius 3 is 2.42 bits per heavy atom. The van der Waals surface area contributed by atoms with Crippen molar-refractivity contribution in [2.45, 2.75) is 31.5 Å². The summed E-state index contributed by atoms with van der Waals surface area (Å²) in [5, 5.41) is 15.1. The molecule has 5 rings (SSSR count). The van der Waals surface area contributed by atoms with Crippen molar-refractivity contribution < 1.29 is 28.8 Å². The standard InChI is InChI=1S/C24H25NO6/c1-28-20-10-16-15-9-13(31-24(27)30-3)6-7-14(15)22-18(17(16)11-21(20)29-2)12-25-8-4-5-19(25)23(22)26/h6-7,9-11,19,23,26H,4-5,8,12H2,1-3H3/t19-,23+/m0/s1. The number of ether oxygens (including phenoxy) is 4. The molecule has 2 atom stereocenters. The van der Waals surface area contributed by atoms with E-state index in [2.05, 4.69) is 9.64 Å². The minimum Gasteiger partial charge on any atom is -0.493 e. The first-order valence-corrected chi connectivity index (χ1v) is 10.4. The number of hydrogen-bond acceptors (Lipinski definition) is 7. The van der Waals surface area contributed by atoms with Crippen LogP contribution in [-0.2, 0) is 11.3 Å². The molecule has 2 heterocycles. The third kappa shape index (κ3) is 3.07. The number of benzene rings is 3. The zero-order chi connectivity index (χ0) is 21.7. The summed E-state index contributed by atoms with van der Waals surface area (Å²) in [6, 6.07) is 9.51. The first-order valence-electron chi connectivity index (χ1n) is 10.4. The fraction of sp³-hybridized carbons (Fsp3) is 0.375. The molecule has 1 N–H and O–H groups in total. The van der Waals surface area contributed by atoms with E-state index < -0.39 is 12.3 Å². The summed E-state index contributed by atoms with van der Waals surface area (Å²) in [7, 11) is 4.50. The van der Waals surface area contributed by atoms with Gasteiger partial charge in [-0.15, -0.1) is 0 Å². The van der Waals surface area contributed by atoms with Crippen LogP contribution in [0.25, 0.3) is 21.5 Å². The minimum atomic E-state index is -0.775. The summed E-state index contributed by atoms with van der Waals surface area (Å²) in [5.74, 6) is 1.63. The van der Waals surface area contributed by atoms with Gasteiger partial charge in [-0.3, -0.25) is 4.90 Å². The molecule has 3 aromatic carbocycles. The molecule has 2 aliphatic rings. The maximum Gasteiger partial charge on any atom is 0.513 e. The first-order chi connectivity index (χ1) is 15.0. The lowest BCUT2D eigenvalue weighted by Gasteiger charge is -2.37. The maximum absolute atomic E-state index is 11.6. The quantitative estimate of drug-likeness (QED) is 0.385. The second-order valence-corrected chi connectivity index (χ2v) is 8.03. The Morgan fingerprint density at radius 2 is 1.71 bits per heavy atom. The van der Waals surface area contributed by atoms with Crippen LogP contribution >= 0.6 is 0 Å². The van der Waals surface area contributed by atoms with Gasteiger partial charge in [0.15, 0.2) is 11.5 Å². The van der Waals surface area contributed by atoms with Crippen molar-refractivity contribution in [3.05, 3.63) is 41.5 Å². The highest BCUT2D eigenvalue weighted by Gasteiger charge is 2.39. The molecule has 0 bridgehead atoms. The van der Waals surface area contributed by atoms with Crippen LogP contribution < -0.4 is 14.2 Å². The highest BCUT2D eigenvalue weighted by Crippen LogP contribution is 2.47. The van der Waals surface area contributed by atoms with Gasteiger partial charge in [0, 0.05) is 12.6 Å². The second-order valence-electron chi connectivity index (χ2n) is 8.03. The molecule has 2 aliphatic heterocycles. The first kappa shape index (κ1) is 19.9. The monoisotopic (exact) mass is 423 g/mol. The van der Waals surface area contributed by atoms with Gasteiger partial charge in [0.25, 0.3) is 0 Å². The molecule has 7 heteroatoms. The van der Waals surface area contributed by atoms with Crippen molar-refractivity contribution in [3.63, 3.8) is 0 Å². The van der Waals surface area contributed by atoms with Gasteiger partial charge in [-0.1, -0.05) is 6.07 Å². The minimum absolute atomic E-state index is 0.124. The fourth-order valence-electron chi connectivity index (χ4n) is 5.15. The molecule has 3 aromatic rings. The SMILES string of the molecule is COC(=O)Oc1ccc2c3c(c4cc(OC)c(OC)cc4c2c1)CN1CCC[C@H]1[C@H]3O. The summed E-state index contributed by atoms with van der Waals surface area (Å²) in [5.41, 5.74) is 2.05.